The second kappa shape index (κ2) is 9.25. The second-order valence-electron chi connectivity index (χ2n) is 5.85. The van der Waals surface area contributed by atoms with Crippen LogP contribution in [0.3, 0.4) is 0 Å². The van der Waals surface area contributed by atoms with Gasteiger partial charge in [-0.05, 0) is 29.8 Å². The van der Waals surface area contributed by atoms with E-state index in [0.29, 0.717) is 29.0 Å². The number of hydrogen-bond acceptors (Lipinski definition) is 9. The topological polar surface area (TPSA) is 86.0 Å². The summed E-state index contributed by atoms with van der Waals surface area (Å²) in [5.41, 5.74) is 1.88. The monoisotopic (exact) mass is 445 g/mol. The van der Waals surface area contributed by atoms with Crippen molar-refractivity contribution in [1.29, 1.82) is 0 Å². The summed E-state index contributed by atoms with van der Waals surface area (Å²) < 4.78 is 11.3. The summed E-state index contributed by atoms with van der Waals surface area (Å²) in [4.78, 5) is 4.40. The average molecular weight is 446 g/mol. The lowest BCUT2D eigenvalue weighted by Gasteiger charge is -2.03. The minimum atomic E-state index is 0.477. The molecule has 0 saturated heterocycles. The SMILES string of the molecule is COc1ccc(CNc2nnc(SCc3nc(-c4ccccc4Cl)no3)s2)cc1. The van der Waals surface area contributed by atoms with Crippen LogP contribution < -0.4 is 10.1 Å². The molecule has 0 atom stereocenters. The third kappa shape index (κ3) is 5.06. The van der Waals surface area contributed by atoms with Crippen LogP contribution in [0.5, 0.6) is 5.75 Å². The van der Waals surface area contributed by atoms with Crippen LogP contribution in [-0.2, 0) is 12.3 Å². The van der Waals surface area contributed by atoms with E-state index in [-0.39, 0.29) is 0 Å². The molecule has 7 nitrogen and oxygen atoms in total. The fourth-order valence-electron chi connectivity index (χ4n) is 2.45. The maximum atomic E-state index is 6.18. The quantitative estimate of drug-likeness (QED) is 0.372. The summed E-state index contributed by atoms with van der Waals surface area (Å²) in [6.45, 7) is 0.661. The van der Waals surface area contributed by atoms with Gasteiger partial charge in [-0.25, -0.2) is 0 Å². The van der Waals surface area contributed by atoms with Gasteiger partial charge in [-0.3, -0.25) is 0 Å². The number of hydrogen-bond donors (Lipinski definition) is 1. The zero-order chi connectivity index (χ0) is 20.1. The summed E-state index contributed by atoms with van der Waals surface area (Å²) in [6.07, 6.45) is 0. The Hall–Kier alpha value is -2.62. The zero-order valence-electron chi connectivity index (χ0n) is 15.3. The normalized spacial score (nSPS) is 10.8. The summed E-state index contributed by atoms with van der Waals surface area (Å²) in [5.74, 6) is 2.32. The molecule has 10 heteroatoms. The van der Waals surface area contributed by atoms with E-state index in [0.717, 1.165) is 26.3 Å². The number of halogens is 1. The zero-order valence-corrected chi connectivity index (χ0v) is 17.7. The van der Waals surface area contributed by atoms with E-state index in [4.69, 9.17) is 20.9 Å². The van der Waals surface area contributed by atoms with Crippen molar-refractivity contribution in [2.45, 2.75) is 16.6 Å². The Labute approximate surface area is 180 Å². The first-order valence-electron chi connectivity index (χ1n) is 8.62. The van der Waals surface area contributed by atoms with Crippen LogP contribution in [0.2, 0.25) is 5.02 Å². The predicted octanol–water partition coefficient (Wildman–Crippen LogP) is 5.15. The van der Waals surface area contributed by atoms with E-state index in [9.17, 15) is 0 Å². The average Bonchev–Trinajstić information content (AvgIpc) is 3.41. The molecular weight excluding hydrogens is 430 g/mol. The van der Waals surface area contributed by atoms with Gasteiger partial charge in [0.25, 0.3) is 0 Å². The maximum absolute atomic E-state index is 6.18. The van der Waals surface area contributed by atoms with Crippen LogP contribution in [0.25, 0.3) is 11.4 Å². The molecule has 0 aliphatic rings. The Bertz CT molecular complexity index is 1080. The molecule has 0 spiro atoms. The minimum absolute atomic E-state index is 0.477. The maximum Gasteiger partial charge on any atom is 0.237 e. The Morgan fingerprint density at radius 2 is 1.97 bits per heavy atom. The molecule has 4 rings (SSSR count). The molecule has 0 radical (unpaired) electrons. The lowest BCUT2D eigenvalue weighted by molar-refractivity contribution is 0.391. The van der Waals surface area contributed by atoms with E-state index in [1.807, 2.05) is 42.5 Å². The Kier molecular flexibility index (Phi) is 6.28. The standard InChI is InChI=1S/C19H16ClN5O2S2/c1-26-13-8-6-12(7-9-13)10-21-18-23-24-19(29-18)28-11-16-22-17(25-27-16)14-4-2-3-5-15(14)20/h2-9H,10-11H2,1H3,(H,21,23). The fourth-order valence-corrected chi connectivity index (χ4v) is 4.25. The van der Waals surface area contributed by atoms with Crippen LogP contribution in [-0.4, -0.2) is 27.4 Å². The van der Waals surface area contributed by atoms with Gasteiger partial charge >= 0.3 is 0 Å². The van der Waals surface area contributed by atoms with Crippen molar-refractivity contribution in [2.24, 2.45) is 0 Å². The van der Waals surface area contributed by atoms with Gasteiger partial charge in [0.15, 0.2) is 4.34 Å². The number of ether oxygens (including phenoxy) is 1. The van der Waals surface area contributed by atoms with Crippen LogP contribution in [0.15, 0.2) is 57.4 Å². The molecule has 0 unspecified atom stereocenters. The first kappa shape index (κ1) is 19.7. The molecule has 2 aromatic carbocycles. The number of methoxy groups -OCH3 is 1. The van der Waals surface area contributed by atoms with E-state index >= 15 is 0 Å². The van der Waals surface area contributed by atoms with Crippen molar-refractivity contribution in [3.63, 3.8) is 0 Å². The van der Waals surface area contributed by atoms with Crippen molar-refractivity contribution in [2.75, 3.05) is 12.4 Å². The summed E-state index contributed by atoms with van der Waals surface area (Å²) in [6, 6.07) is 15.3. The summed E-state index contributed by atoms with van der Waals surface area (Å²) >= 11 is 9.15. The molecule has 0 amide bonds. The van der Waals surface area contributed by atoms with Gasteiger partial charge in [-0.15, -0.1) is 10.2 Å². The molecule has 2 aromatic heterocycles. The van der Waals surface area contributed by atoms with E-state index < -0.39 is 0 Å². The third-order valence-corrected chi connectivity index (χ3v) is 6.24. The number of anilines is 1. The fraction of sp³-hybridized carbons (Fsp3) is 0.158. The molecule has 148 valence electrons. The minimum Gasteiger partial charge on any atom is -0.497 e. The molecule has 1 N–H and O–H groups in total. The Morgan fingerprint density at radius 1 is 1.14 bits per heavy atom. The highest BCUT2D eigenvalue weighted by molar-refractivity contribution is 8.00. The van der Waals surface area contributed by atoms with Gasteiger partial charge in [-0.2, -0.15) is 4.98 Å². The predicted molar refractivity (Wildman–Crippen MR) is 115 cm³/mol. The number of nitrogens with one attached hydrogen (secondary N) is 1. The van der Waals surface area contributed by atoms with Crippen LogP contribution in [0.4, 0.5) is 5.13 Å². The smallest absolute Gasteiger partial charge is 0.237 e. The molecule has 0 saturated carbocycles. The number of thioether (sulfide) groups is 1. The van der Waals surface area contributed by atoms with Gasteiger partial charge in [0, 0.05) is 12.1 Å². The van der Waals surface area contributed by atoms with Gasteiger partial charge < -0.3 is 14.6 Å². The molecular formula is C19H16ClN5O2S2. The molecule has 0 bridgehead atoms. The van der Waals surface area contributed by atoms with Crippen molar-refractivity contribution in [3.05, 3.63) is 65.0 Å². The Morgan fingerprint density at radius 3 is 2.76 bits per heavy atom. The molecule has 29 heavy (non-hydrogen) atoms. The molecule has 0 aliphatic heterocycles. The molecule has 2 heterocycles. The number of benzene rings is 2. The summed E-state index contributed by atoms with van der Waals surface area (Å²) in [5, 5.41) is 17.0. The van der Waals surface area contributed by atoms with E-state index in [1.165, 1.54) is 23.1 Å². The lowest BCUT2D eigenvalue weighted by atomic mass is 10.2. The van der Waals surface area contributed by atoms with Gasteiger partial charge in [0.2, 0.25) is 16.8 Å². The number of nitrogens with zero attached hydrogens (tertiary/aromatic N) is 4. The van der Waals surface area contributed by atoms with E-state index in [2.05, 4.69) is 25.7 Å². The van der Waals surface area contributed by atoms with Crippen LogP contribution >= 0.6 is 34.7 Å². The highest BCUT2D eigenvalue weighted by Gasteiger charge is 2.13. The largest absolute Gasteiger partial charge is 0.497 e. The summed E-state index contributed by atoms with van der Waals surface area (Å²) in [7, 11) is 1.65. The second-order valence-corrected chi connectivity index (χ2v) is 8.46. The van der Waals surface area contributed by atoms with Crippen LogP contribution in [0, 0.1) is 0 Å². The van der Waals surface area contributed by atoms with Crippen molar-refractivity contribution in [3.8, 4) is 17.1 Å². The van der Waals surface area contributed by atoms with Gasteiger partial charge in [0.05, 0.1) is 17.9 Å². The highest BCUT2D eigenvalue weighted by Crippen LogP contribution is 2.30. The van der Waals surface area contributed by atoms with Gasteiger partial charge in [0.1, 0.15) is 5.75 Å². The van der Waals surface area contributed by atoms with Crippen molar-refractivity contribution >= 4 is 39.8 Å². The number of rotatable bonds is 8. The first-order chi connectivity index (χ1) is 14.2. The van der Waals surface area contributed by atoms with Gasteiger partial charge in [-0.1, -0.05) is 64.1 Å². The Balaban J connectivity index is 1.31. The van der Waals surface area contributed by atoms with Crippen LogP contribution in [0.1, 0.15) is 11.5 Å². The third-order valence-electron chi connectivity index (χ3n) is 3.91. The molecule has 4 aromatic rings. The van der Waals surface area contributed by atoms with Crippen molar-refractivity contribution < 1.29 is 9.26 Å². The molecule has 0 fully saturated rings. The lowest BCUT2D eigenvalue weighted by Crippen LogP contribution is -1.98. The molecule has 0 aliphatic carbocycles. The van der Waals surface area contributed by atoms with Crippen molar-refractivity contribution in [1.82, 2.24) is 20.3 Å². The highest BCUT2D eigenvalue weighted by atomic mass is 35.5. The van der Waals surface area contributed by atoms with E-state index in [1.54, 1.807) is 13.2 Å². The first-order valence-corrected chi connectivity index (χ1v) is 10.8. The number of aromatic nitrogens is 4.